The lowest BCUT2D eigenvalue weighted by Crippen LogP contribution is -2.58. The Morgan fingerprint density at radius 1 is 0.985 bits per heavy atom. The minimum Gasteiger partial charge on any atom is -0.616 e. The normalized spacial score (nSPS) is 24.8. The minimum atomic E-state index is -4.64. The highest BCUT2D eigenvalue weighted by molar-refractivity contribution is 7.91. The minimum absolute atomic E-state index is 0.0562. The van der Waals surface area contributed by atoms with Crippen molar-refractivity contribution >= 4 is 55.3 Å². The van der Waals surface area contributed by atoms with Crippen LogP contribution in [0.15, 0.2) is 84.1 Å². The molecule has 0 radical (unpaired) electrons. The zero-order valence-electron chi connectivity index (χ0n) is 37.0. The van der Waals surface area contributed by atoms with Gasteiger partial charge in [0.05, 0.1) is 34.5 Å². The summed E-state index contributed by atoms with van der Waals surface area (Å²) in [7, 11) is -4.64. The molecule has 348 valence electrons. The maximum absolute atomic E-state index is 14.0. The molecule has 5 fully saturated rings. The van der Waals surface area contributed by atoms with Gasteiger partial charge < -0.3 is 29.6 Å². The van der Waals surface area contributed by atoms with Crippen LogP contribution < -0.4 is 19.7 Å². The van der Waals surface area contributed by atoms with Gasteiger partial charge in [-0.1, -0.05) is 35.4 Å². The van der Waals surface area contributed by atoms with E-state index in [-0.39, 0.29) is 34.5 Å². The SMILES string of the molecule is C[C@]1(O)CC[C@H](CNc2ncc(S(=O)(=O)NC(=O)c3ccc(N4CCC5(CC4)CC(N4CC[S+]([O-])C[C@@H]4c4ccccc4C4CC4)C5)cc3Oc3cnc4[nH]ccc4c3)cc2[N+](=O)[O-])CC1. The summed E-state index contributed by atoms with van der Waals surface area (Å²) in [4.78, 5) is 41.4. The molecule has 0 bridgehead atoms. The number of hydrogen-bond donors (Lipinski definition) is 4. The number of H-pyrrole nitrogens is 1. The van der Waals surface area contributed by atoms with Crippen LogP contribution in [-0.2, 0) is 21.2 Å². The number of benzene rings is 2. The summed E-state index contributed by atoms with van der Waals surface area (Å²) >= 11 is -0.822. The molecule has 5 aliphatic rings. The summed E-state index contributed by atoms with van der Waals surface area (Å²) < 4.78 is 48.8. The molecule has 4 N–H and O–H groups in total. The van der Waals surface area contributed by atoms with Gasteiger partial charge in [0, 0.05) is 61.6 Å². The highest BCUT2D eigenvalue weighted by Crippen LogP contribution is 2.54. The van der Waals surface area contributed by atoms with Crippen LogP contribution in [0.2, 0.25) is 0 Å². The van der Waals surface area contributed by atoms with Crippen molar-refractivity contribution in [1.82, 2.24) is 24.6 Å². The lowest BCUT2D eigenvalue weighted by Gasteiger charge is -2.57. The van der Waals surface area contributed by atoms with Gasteiger partial charge in [-0.3, -0.25) is 19.8 Å². The molecule has 3 saturated carbocycles. The fraction of sp³-hybridized carbons (Fsp3) is 0.479. The molecule has 2 atom stereocenters. The number of piperidine rings is 1. The zero-order valence-corrected chi connectivity index (χ0v) is 38.6. The Morgan fingerprint density at radius 3 is 2.48 bits per heavy atom. The van der Waals surface area contributed by atoms with E-state index in [0.29, 0.717) is 48.5 Å². The molecular formula is C48H56N8O8S2. The number of anilines is 2. The summed E-state index contributed by atoms with van der Waals surface area (Å²) in [6, 6.07) is 19.0. The van der Waals surface area contributed by atoms with Crippen LogP contribution in [0.1, 0.15) is 105 Å². The van der Waals surface area contributed by atoms with Gasteiger partial charge in [0.1, 0.15) is 33.5 Å². The predicted molar refractivity (Wildman–Crippen MR) is 252 cm³/mol. The number of aliphatic hydroxyl groups is 1. The van der Waals surface area contributed by atoms with E-state index in [1.165, 1.54) is 30.2 Å². The zero-order chi connectivity index (χ0) is 45.8. The number of amides is 1. The second-order valence-electron chi connectivity index (χ2n) is 19.4. The summed E-state index contributed by atoms with van der Waals surface area (Å²) in [6.45, 7) is 4.61. The number of carbonyl (C=O) groups is 1. The number of nitrogens with zero attached hydrogens (tertiary/aromatic N) is 5. The van der Waals surface area contributed by atoms with E-state index in [0.717, 1.165) is 87.2 Å². The summed E-state index contributed by atoms with van der Waals surface area (Å²) in [5.74, 6) is 1.60. The lowest BCUT2D eigenvalue weighted by molar-refractivity contribution is -0.384. The number of fused-ring (bicyclic) bond motifs is 1. The van der Waals surface area contributed by atoms with E-state index in [9.17, 15) is 33.0 Å². The number of hydrogen-bond acceptors (Lipinski definition) is 13. The Bertz CT molecular complexity index is 2740. The first-order valence-electron chi connectivity index (χ1n) is 23.1. The molecule has 5 aromatic rings. The highest BCUT2D eigenvalue weighted by atomic mass is 32.2. The fourth-order valence-electron chi connectivity index (χ4n) is 10.7. The maximum Gasteiger partial charge on any atom is 0.312 e. The van der Waals surface area contributed by atoms with Gasteiger partial charge in [-0.2, -0.15) is 0 Å². The van der Waals surface area contributed by atoms with E-state index >= 15 is 0 Å². The topological polar surface area (TPSA) is 219 Å². The number of sulfonamides is 1. The Labute approximate surface area is 387 Å². The molecule has 10 rings (SSSR count). The van der Waals surface area contributed by atoms with Gasteiger partial charge in [-0.25, -0.2) is 23.1 Å². The van der Waals surface area contributed by atoms with E-state index in [2.05, 4.69) is 59.1 Å². The molecule has 2 aromatic carbocycles. The lowest BCUT2D eigenvalue weighted by atomic mass is 9.59. The van der Waals surface area contributed by atoms with Crippen LogP contribution in [0.25, 0.3) is 11.0 Å². The number of nitro groups is 1. The number of pyridine rings is 2. The number of ether oxygens (including phenoxy) is 1. The Hall–Kier alpha value is -5.27. The third-order valence-electron chi connectivity index (χ3n) is 14.8. The molecule has 2 saturated heterocycles. The van der Waals surface area contributed by atoms with Crippen LogP contribution in [0, 0.1) is 21.4 Å². The molecule has 1 unspecified atom stereocenters. The first-order chi connectivity index (χ1) is 31.7. The molecule has 18 heteroatoms. The third-order valence-corrected chi connectivity index (χ3v) is 17.4. The second kappa shape index (κ2) is 17.8. The second-order valence-corrected chi connectivity index (χ2v) is 22.7. The van der Waals surface area contributed by atoms with E-state index < -0.39 is 48.2 Å². The summed E-state index contributed by atoms with van der Waals surface area (Å²) in [5, 5.41) is 26.2. The van der Waals surface area contributed by atoms with Gasteiger partial charge >= 0.3 is 5.69 Å². The number of nitrogens with one attached hydrogen (secondary N) is 3. The van der Waals surface area contributed by atoms with Crippen molar-refractivity contribution in [1.29, 1.82) is 0 Å². The van der Waals surface area contributed by atoms with Crippen LogP contribution in [0.4, 0.5) is 17.2 Å². The Balaban J connectivity index is 0.836. The van der Waals surface area contributed by atoms with Crippen molar-refractivity contribution < 1.29 is 32.5 Å². The average molecular weight is 937 g/mol. The van der Waals surface area contributed by atoms with Gasteiger partial charge in [0.25, 0.3) is 15.9 Å². The molecule has 5 heterocycles. The average Bonchev–Trinajstić information content (AvgIpc) is 4.04. The number of aromatic amines is 1. The molecule has 66 heavy (non-hydrogen) atoms. The van der Waals surface area contributed by atoms with Crippen molar-refractivity contribution in [3.8, 4) is 11.5 Å². The molecule has 1 amide bonds. The van der Waals surface area contributed by atoms with Crippen LogP contribution in [0.5, 0.6) is 11.5 Å². The molecule has 1 spiro atoms. The van der Waals surface area contributed by atoms with Crippen LogP contribution in [-0.4, -0.2) is 98.1 Å². The quantitative estimate of drug-likeness (QED) is 0.0510. The highest BCUT2D eigenvalue weighted by Gasteiger charge is 2.51. The summed E-state index contributed by atoms with van der Waals surface area (Å²) in [6.07, 6.45) is 13.6. The van der Waals surface area contributed by atoms with Crippen LogP contribution >= 0.6 is 0 Å². The summed E-state index contributed by atoms with van der Waals surface area (Å²) in [5.41, 5.74) is 3.18. The fourth-order valence-corrected chi connectivity index (χ4v) is 13.0. The number of rotatable bonds is 13. The smallest absolute Gasteiger partial charge is 0.312 e. The Morgan fingerprint density at radius 2 is 1.74 bits per heavy atom. The molecular weight excluding hydrogens is 881 g/mol. The van der Waals surface area contributed by atoms with Crippen LogP contribution in [0.3, 0.4) is 0 Å². The van der Waals surface area contributed by atoms with E-state index in [1.54, 1.807) is 37.4 Å². The van der Waals surface area contributed by atoms with Gasteiger partial charge in [0.2, 0.25) is 5.82 Å². The first-order valence-corrected chi connectivity index (χ1v) is 26.1. The predicted octanol–water partition coefficient (Wildman–Crippen LogP) is 7.56. The van der Waals surface area contributed by atoms with Crippen molar-refractivity contribution in [3.05, 3.63) is 106 Å². The molecule has 2 aliphatic heterocycles. The van der Waals surface area contributed by atoms with Gasteiger partial charge in [-0.05, 0) is 124 Å². The van der Waals surface area contributed by atoms with Crippen molar-refractivity contribution in [2.45, 2.75) is 99.6 Å². The monoisotopic (exact) mass is 936 g/mol. The van der Waals surface area contributed by atoms with Crippen molar-refractivity contribution in [3.63, 3.8) is 0 Å². The number of carbonyl (C=O) groups excluding carboxylic acids is 1. The largest absolute Gasteiger partial charge is 0.616 e. The van der Waals surface area contributed by atoms with E-state index in [4.69, 9.17) is 4.74 Å². The van der Waals surface area contributed by atoms with Crippen molar-refractivity contribution in [2.24, 2.45) is 11.3 Å². The van der Waals surface area contributed by atoms with Crippen molar-refractivity contribution in [2.75, 3.05) is 47.9 Å². The third kappa shape index (κ3) is 9.34. The standard InChI is InChI=1S/C48H56N8O8S2/c1-47(58)13-10-31(11-14-47)27-50-45-41(56(59)60)24-37(29-52-45)66(62,63)53-46(57)40-9-8-34(23-43(40)64-36-22-33-12-17-49-44(33)51-28-36)54-18-15-48(16-19-54)25-35(26-48)55-20-21-65(61)30-42(55)39-5-3-2-4-38(39)32-6-7-32/h2-5,8-9,12,17,22-24,28-29,31-32,35,42,58H,6-7,10-11,13-16,18-21,25-27,30H2,1H3,(H,49,51)(H,50,52)(H,53,57)/t31-,42-,47-,65?/m1/s1. The molecule has 16 nitrogen and oxygen atoms in total. The maximum atomic E-state index is 14.0. The molecule has 3 aromatic heterocycles. The van der Waals surface area contributed by atoms with E-state index in [1.807, 2.05) is 6.07 Å². The van der Waals surface area contributed by atoms with Gasteiger partial charge in [0.15, 0.2) is 0 Å². The molecule has 3 aliphatic carbocycles. The number of aromatic nitrogens is 3. The Kier molecular flexibility index (Phi) is 12.0. The first kappa shape index (κ1) is 44.6. The van der Waals surface area contributed by atoms with Gasteiger partial charge in [-0.15, -0.1) is 0 Å².